The summed E-state index contributed by atoms with van der Waals surface area (Å²) in [4.78, 5) is 16.4. The first-order valence-electron chi connectivity index (χ1n) is 17.9. The fourth-order valence-electron chi connectivity index (χ4n) is 12.0. The summed E-state index contributed by atoms with van der Waals surface area (Å²) < 4.78 is 0. The quantitative estimate of drug-likeness (QED) is 0.176. The Kier molecular flexibility index (Phi) is 9.55. The zero-order valence-electron chi connectivity index (χ0n) is 28.8. The lowest BCUT2D eigenvalue weighted by Crippen LogP contribution is -2.66. The van der Waals surface area contributed by atoms with Gasteiger partial charge in [-0.2, -0.15) is 0 Å². The maximum Gasteiger partial charge on any atom is 0.226 e. The van der Waals surface area contributed by atoms with E-state index in [0.717, 1.165) is 77.2 Å². The van der Waals surface area contributed by atoms with Crippen LogP contribution in [0.5, 0.6) is 0 Å². The molecule has 1 amide bonds. The van der Waals surface area contributed by atoms with E-state index in [2.05, 4.69) is 57.8 Å². The number of carbonyl (C=O) groups is 1. The molecule has 9 atom stereocenters. The molecule has 0 saturated heterocycles. The predicted molar refractivity (Wildman–Crippen MR) is 175 cm³/mol. The molecule has 0 radical (unpaired) electrons. The normalized spacial score (nSPS) is 44.6. The van der Waals surface area contributed by atoms with Crippen molar-refractivity contribution >= 4 is 5.91 Å². The van der Waals surface area contributed by atoms with Crippen molar-refractivity contribution in [2.45, 2.75) is 118 Å². The van der Waals surface area contributed by atoms with Crippen molar-refractivity contribution in [3.05, 3.63) is 11.6 Å². The lowest BCUT2D eigenvalue weighted by atomic mass is 9.33. The highest BCUT2D eigenvalue weighted by atomic mass is 16.3. The fourth-order valence-corrected chi connectivity index (χ4v) is 12.0. The first kappa shape index (κ1) is 34.3. The van der Waals surface area contributed by atoms with Crippen LogP contribution in [0.25, 0.3) is 0 Å². The third-order valence-corrected chi connectivity index (χ3v) is 15.0. The van der Waals surface area contributed by atoms with Crippen LogP contribution in [0, 0.1) is 50.2 Å². The maximum absolute atomic E-state index is 14.3. The summed E-state index contributed by atoms with van der Waals surface area (Å²) in [6.45, 7) is 17.1. The Labute approximate surface area is 267 Å². The molecule has 5 N–H and O–H groups in total. The molecule has 0 spiro atoms. The first-order valence-corrected chi connectivity index (χ1v) is 17.9. The molecule has 0 heterocycles. The van der Waals surface area contributed by atoms with Crippen LogP contribution in [0.1, 0.15) is 112 Å². The van der Waals surface area contributed by atoms with Gasteiger partial charge in [0.1, 0.15) is 0 Å². The zero-order chi connectivity index (χ0) is 32.2. The minimum atomic E-state index is -0.445. The summed E-state index contributed by atoms with van der Waals surface area (Å²) in [6.07, 6.45) is 13.0. The highest BCUT2D eigenvalue weighted by Gasteiger charge is 2.69. The predicted octanol–water partition coefficient (Wildman–Crippen LogP) is 4.91. The van der Waals surface area contributed by atoms with Crippen LogP contribution in [0.2, 0.25) is 0 Å². The Morgan fingerprint density at radius 2 is 1.57 bits per heavy atom. The van der Waals surface area contributed by atoms with Gasteiger partial charge in [-0.15, -0.1) is 0 Å². The highest BCUT2D eigenvalue weighted by Crippen LogP contribution is 2.75. The van der Waals surface area contributed by atoms with Crippen LogP contribution in [0.4, 0.5) is 0 Å². The summed E-state index contributed by atoms with van der Waals surface area (Å²) >= 11 is 0. The molecule has 4 fully saturated rings. The number of aliphatic hydroxyl groups excluding tert-OH is 4. The molecule has 252 valence electrons. The average molecular weight is 617 g/mol. The van der Waals surface area contributed by atoms with Crippen molar-refractivity contribution in [1.82, 2.24) is 10.2 Å². The van der Waals surface area contributed by atoms with E-state index in [0.29, 0.717) is 31.5 Å². The number of rotatable bonds is 10. The Morgan fingerprint density at radius 1 is 0.886 bits per heavy atom. The van der Waals surface area contributed by atoms with E-state index in [1.807, 2.05) is 0 Å². The number of aliphatic hydroxyl groups is 4. The summed E-state index contributed by atoms with van der Waals surface area (Å²) in [5, 5.41) is 43.7. The van der Waals surface area contributed by atoms with Gasteiger partial charge in [0.15, 0.2) is 0 Å². The van der Waals surface area contributed by atoms with Gasteiger partial charge in [-0.1, -0.05) is 53.2 Å². The Hall–Kier alpha value is -0.990. The Morgan fingerprint density at radius 3 is 2.23 bits per heavy atom. The largest absolute Gasteiger partial charge is 0.396 e. The summed E-state index contributed by atoms with van der Waals surface area (Å²) in [7, 11) is 0. The number of fused-ring (bicyclic) bond motifs is 7. The van der Waals surface area contributed by atoms with Crippen LogP contribution >= 0.6 is 0 Å². The molecule has 0 aromatic carbocycles. The van der Waals surface area contributed by atoms with Crippen molar-refractivity contribution in [2.24, 2.45) is 50.2 Å². The number of nitrogens with one attached hydrogen (secondary N) is 1. The molecular weight excluding hydrogens is 552 g/mol. The van der Waals surface area contributed by atoms with Crippen LogP contribution in [-0.2, 0) is 4.79 Å². The van der Waals surface area contributed by atoms with E-state index in [9.17, 15) is 25.2 Å². The molecule has 5 aliphatic rings. The van der Waals surface area contributed by atoms with Gasteiger partial charge in [0.25, 0.3) is 0 Å². The average Bonchev–Trinajstić information content (AvgIpc) is 2.97. The molecule has 0 aromatic rings. The van der Waals surface area contributed by atoms with E-state index in [4.69, 9.17) is 0 Å². The summed E-state index contributed by atoms with van der Waals surface area (Å²) in [6, 6.07) is 0. The third-order valence-electron chi connectivity index (χ3n) is 15.0. The highest BCUT2D eigenvalue weighted by molar-refractivity contribution is 5.84. The molecule has 7 heteroatoms. The molecule has 4 saturated carbocycles. The van der Waals surface area contributed by atoms with E-state index in [1.54, 1.807) is 5.57 Å². The minimum absolute atomic E-state index is 0.0343. The van der Waals surface area contributed by atoms with Crippen molar-refractivity contribution in [1.29, 1.82) is 0 Å². The van der Waals surface area contributed by atoms with E-state index < -0.39 is 11.5 Å². The zero-order valence-corrected chi connectivity index (χ0v) is 28.8. The smallest absolute Gasteiger partial charge is 0.226 e. The van der Waals surface area contributed by atoms with Crippen molar-refractivity contribution in [2.75, 3.05) is 46.0 Å². The second-order valence-corrected chi connectivity index (χ2v) is 17.5. The molecule has 5 aliphatic carbocycles. The van der Waals surface area contributed by atoms with Gasteiger partial charge in [0.2, 0.25) is 5.91 Å². The maximum atomic E-state index is 14.3. The molecule has 0 aromatic heterocycles. The Bertz CT molecular complexity index is 1090. The van der Waals surface area contributed by atoms with Gasteiger partial charge in [-0.3, -0.25) is 9.69 Å². The number of nitrogens with zero attached hydrogens (tertiary/aromatic N) is 1. The third kappa shape index (κ3) is 5.23. The van der Waals surface area contributed by atoms with Crippen LogP contribution in [0.15, 0.2) is 11.6 Å². The van der Waals surface area contributed by atoms with Gasteiger partial charge in [0, 0.05) is 25.0 Å². The molecular formula is C37H64N2O5. The molecule has 5 rings (SSSR count). The molecule has 44 heavy (non-hydrogen) atoms. The fraction of sp³-hybridized carbons (Fsp3) is 0.919. The van der Waals surface area contributed by atoms with E-state index in [-0.39, 0.29) is 58.7 Å². The van der Waals surface area contributed by atoms with Crippen molar-refractivity contribution in [3.8, 4) is 0 Å². The molecule has 1 unspecified atom stereocenters. The standard InChI is InChI=1S/C37H64N2O5/c1-32(2)14-16-37(31(44)38-18-7-19-39(20-22-40)21-23-41)17-15-35(5)26(27(37)24-32)8-9-29-33(3)12-11-30(43)34(4,25-42)28(33)10-13-36(29,35)6/h8,27-30,40-43H,7,9-25H2,1-6H3,(H,38,44)/t27-,28?,29-,30+,33+,34+,35-,36-,37+/m1/s1. The van der Waals surface area contributed by atoms with E-state index in [1.165, 1.54) is 0 Å². The second kappa shape index (κ2) is 12.2. The monoisotopic (exact) mass is 616 g/mol. The number of hydrogen-bond acceptors (Lipinski definition) is 6. The van der Waals surface area contributed by atoms with E-state index >= 15 is 0 Å². The number of hydrogen-bond donors (Lipinski definition) is 5. The van der Waals surface area contributed by atoms with Crippen LogP contribution in [-0.4, -0.2) is 83.3 Å². The lowest BCUT2D eigenvalue weighted by Gasteiger charge is -2.71. The second-order valence-electron chi connectivity index (χ2n) is 17.5. The SMILES string of the molecule is CC1(C)CC[C@]2(C(=O)NCCCN(CCO)CCO)CC[C@]3(C)C(=CC[C@@H]4[C@@]5(C)CC[C@H](O)[C@@](C)(CO)C5CC[C@]43C)[C@H]2C1. The van der Waals surface area contributed by atoms with Gasteiger partial charge < -0.3 is 25.7 Å². The summed E-state index contributed by atoms with van der Waals surface area (Å²) in [5.41, 5.74) is 1.19. The molecule has 0 bridgehead atoms. The Balaban J connectivity index is 1.42. The molecule has 0 aliphatic heterocycles. The minimum Gasteiger partial charge on any atom is -0.396 e. The first-order chi connectivity index (χ1) is 20.7. The van der Waals surface area contributed by atoms with Gasteiger partial charge in [-0.05, 0) is 117 Å². The number of carbonyl (C=O) groups excluding carboxylic acids is 1. The number of allylic oxidation sites excluding steroid dienone is 2. The topological polar surface area (TPSA) is 113 Å². The molecule has 7 nitrogen and oxygen atoms in total. The van der Waals surface area contributed by atoms with Gasteiger partial charge in [0.05, 0.1) is 31.3 Å². The van der Waals surface area contributed by atoms with Gasteiger partial charge in [-0.25, -0.2) is 0 Å². The van der Waals surface area contributed by atoms with Gasteiger partial charge >= 0.3 is 0 Å². The van der Waals surface area contributed by atoms with Crippen LogP contribution < -0.4 is 5.32 Å². The van der Waals surface area contributed by atoms with Crippen molar-refractivity contribution < 1.29 is 25.2 Å². The van der Waals surface area contributed by atoms with Crippen molar-refractivity contribution in [3.63, 3.8) is 0 Å². The summed E-state index contributed by atoms with van der Waals surface area (Å²) in [5.74, 6) is 1.30. The number of amides is 1. The van der Waals surface area contributed by atoms with Crippen LogP contribution in [0.3, 0.4) is 0 Å². The lowest BCUT2D eigenvalue weighted by molar-refractivity contribution is -0.215.